The predicted octanol–water partition coefficient (Wildman–Crippen LogP) is 2.38. The van der Waals surface area contributed by atoms with Gasteiger partial charge in [0.1, 0.15) is 5.60 Å². The normalized spacial score (nSPS) is 21.3. The van der Waals surface area contributed by atoms with E-state index in [1.165, 1.54) is 0 Å². The Kier molecular flexibility index (Phi) is 4.21. The SMILES string of the molecule is CC(C)(C)OC(=O)N[C@@H]1Cc2ccccc2C[C@H]1C(=O)O. The minimum absolute atomic E-state index is 0.423. The molecule has 2 rings (SSSR count). The van der Waals surface area contributed by atoms with E-state index < -0.39 is 29.6 Å². The van der Waals surface area contributed by atoms with Gasteiger partial charge in [0.05, 0.1) is 5.92 Å². The molecule has 5 heteroatoms. The average Bonchev–Trinajstić information content (AvgIpc) is 2.35. The summed E-state index contributed by atoms with van der Waals surface area (Å²) in [5.41, 5.74) is 1.51. The molecule has 0 saturated carbocycles. The van der Waals surface area contributed by atoms with Crippen molar-refractivity contribution >= 4 is 12.1 Å². The zero-order valence-corrected chi connectivity index (χ0v) is 12.6. The summed E-state index contributed by atoms with van der Waals surface area (Å²) in [4.78, 5) is 23.3. The van der Waals surface area contributed by atoms with E-state index in [1.54, 1.807) is 20.8 Å². The molecule has 0 heterocycles. The van der Waals surface area contributed by atoms with E-state index in [1.807, 2.05) is 24.3 Å². The van der Waals surface area contributed by atoms with Crippen LogP contribution in [0.4, 0.5) is 4.79 Å². The Balaban J connectivity index is 2.14. The van der Waals surface area contributed by atoms with Crippen LogP contribution in [0.3, 0.4) is 0 Å². The molecule has 0 saturated heterocycles. The molecule has 0 bridgehead atoms. The van der Waals surface area contributed by atoms with E-state index in [4.69, 9.17) is 4.74 Å². The van der Waals surface area contributed by atoms with Gasteiger partial charge in [0.25, 0.3) is 0 Å². The minimum Gasteiger partial charge on any atom is -0.481 e. The van der Waals surface area contributed by atoms with Gasteiger partial charge in [0.2, 0.25) is 0 Å². The molecule has 2 atom stereocenters. The van der Waals surface area contributed by atoms with Crippen molar-refractivity contribution in [3.05, 3.63) is 35.4 Å². The van der Waals surface area contributed by atoms with Crippen molar-refractivity contribution in [3.63, 3.8) is 0 Å². The lowest BCUT2D eigenvalue weighted by atomic mass is 9.80. The number of benzene rings is 1. The molecule has 0 aliphatic heterocycles. The molecular weight excluding hydrogens is 270 g/mol. The van der Waals surface area contributed by atoms with E-state index >= 15 is 0 Å². The second-order valence-electron chi connectivity index (χ2n) is 6.37. The maximum Gasteiger partial charge on any atom is 0.407 e. The number of ether oxygens (including phenoxy) is 1. The molecule has 1 aromatic carbocycles. The van der Waals surface area contributed by atoms with E-state index in [2.05, 4.69) is 5.32 Å². The number of aliphatic carboxylic acids is 1. The fraction of sp³-hybridized carbons (Fsp3) is 0.500. The summed E-state index contributed by atoms with van der Waals surface area (Å²) < 4.78 is 5.21. The summed E-state index contributed by atoms with van der Waals surface area (Å²) in [6.07, 6.45) is 0.358. The van der Waals surface area contributed by atoms with Crippen LogP contribution in [-0.4, -0.2) is 28.8 Å². The molecule has 0 aromatic heterocycles. The summed E-state index contributed by atoms with van der Waals surface area (Å²) >= 11 is 0. The van der Waals surface area contributed by atoms with E-state index in [-0.39, 0.29) is 0 Å². The Morgan fingerprint density at radius 3 is 2.29 bits per heavy atom. The molecular formula is C16H21NO4. The highest BCUT2D eigenvalue weighted by molar-refractivity contribution is 5.74. The van der Waals surface area contributed by atoms with Crippen molar-refractivity contribution < 1.29 is 19.4 Å². The van der Waals surface area contributed by atoms with Crippen LogP contribution in [0.5, 0.6) is 0 Å². The topological polar surface area (TPSA) is 75.6 Å². The van der Waals surface area contributed by atoms with Gasteiger partial charge in [-0.3, -0.25) is 4.79 Å². The Labute approximate surface area is 124 Å². The van der Waals surface area contributed by atoms with Gasteiger partial charge in [-0.05, 0) is 44.7 Å². The lowest BCUT2D eigenvalue weighted by Crippen LogP contribution is -2.49. The number of hydrogen-bond acceptors (Lipinski definition) is 3. The summed E-state index contributed by atoms with van der Waals surface area (Å²) in [5, 5.41) is 12.1. The summed E-state index contributed by atoms with van der Waals surface area (Å²) in [5.74, 6) is -1.53. The van der Waals surface area contributed by atoms with Gasteiger partial charge in [-0.2, -0.15) is 0 Å². The Morgan fingerprint density at radius 1 is 1.19 bits per heavy atom. The van der Waals surface area contributed by atoms with Crippen LogP contribution in [0.2, 0.25) is 0 Å². The highest BCUT2D eigenvalue weighted by Gasteiger charge is 2.35. The fourth-order valence-corrected chi connectivity index (χ4v) is 2.58. The number of carbonyl (C=O) groups excluding carboxylic acids is 1. The maximum absolute atomic E-state index is 11.9. The van der Waals surface area contributed by atoms with Crippen LogP contribution in [0.1, 0.15) is 31.9 Å². The lowest BCUT2D eigenvalue weighted by Gasteiger charge is -2.31. The number of hydrogen-bond donors (Lipinski definition) is 2. The molecule has 1 amide bonds. The molecule has 114 valence electrons. The third-order valence-corrected chi connectivity index (χ3v) is 3.50. The number of carboxylic acid groups (broad SMARTS) is 1. The van der Waals surface area contributed by atoms with Gasteiger partial charge in [-0.25, -0.2) is 4.79 Å². The van der Waals surface area contributed by atoms with Crippen LogP contribution in [0, 0.1) is 5.92 Å². The molecule has 1 aliphatic carbocycles. The predicted molar refractivity (Wildman–Crippen MR) is 78.1 cm³/mol. The van der Waals surface area contributed by atoms with Crippen molar-refractivity contribution in [2.24, 2.45) is 5.92 Å². The highest BCUT2D eigenvalue weighted by atomic mass is 16.6. The van der Waals surface area contributed by atoms with Crippen molar-refractivity contribution in [3.8, 4) is 0 Å². The second-order valence-corrected chi connectivity index (χ2v) is 6.37. The average molecular weight is 291 g/mol. The van der Waals surface area contributed by atoms with Crippen LogP contribution in [0.15, 0.2) is 24.3 Å². The van der Waals surface area contributed by atoms with Gasteiger partial charge < -0.3 is 15.2 Å². The molecule has 0 unspecified atom stereocenters. The number of rotatable bonds is 2. The molecule has 21 heavy (non-hydrogen) atoms. The number of carbonyl (C=O) groups is 2. The minimum atomic E-state index is -0.898. The summed E-state index contributed by atoms with van der Waals surface area (Å²) in [7, 11) is 0. The molecule has 0 spiro atoms. The van der Waals surface area contributed by atoms with Crippen LogP contribution in [0.25, 0.3) is 0 Å². The van der Waals surface area contributed by atoms with Gasteiger partial charge in [0, 0.05) is 6.04 Å². The summed E-state index contributed by atoms with van der Waals surface area (Å²) in [6, 6.07) is 7.28. The highest BCUT2D eigenvalue weighted by Crippen LogP contribution is 2.26. The Hall–Kier alpha value is -2.04. The standard InChI is InChI=1S/C16H21NO4/c1-16(2,3)21-15(20)17-13-9-11-7-5-4-6-10(11)8-12(13)14(18)19/h4-7,12-13H,8-9H2,1-3H3,(H,17,20)(H,18,19)/t12-,13-/m1/s1. The molecule has 0 radical (unpaired) electrons. The Bertz CT molecular complexity index is 547. The third-order valence-electron chi connectivity index (χ3n) is 3.50. The van der Waals surface area contributed by atoms with Crippen molar-refractivity contribution in [2.75, 3.05) is 0 Å². The van der Waals surface area contributed by atoms with Gasteiger partial charge >= 0.3 is 12.1 Å². The molecule has 0 fully saturated rings. The smallest absolute Gasteiger partial charge is 0.407 e. The van der Waals surface area contributed by atoms with Crippen LogP contribution in [-0.2, 0) is 22.4 Å². The molecule has 2 N–H and O–H groups in total. The quantitative estimate of drug-likeness (QED) is 0.877. The number of alkyl carbamates (subject to hydrolysis) is 1. The zero-order chi connectivity index (χ0) is 15.6. The largest absolute Gasteiger partial charge is 0.481 e. The van der Waals surface area contributed by atoms with Gasteiger partial charge in [0.15, 0.2) is 0 Å². The van der Waals surface area contributed by atoms with Crippen molar-refractivity contribution in [2.45, 2.75) is 45.3 Å². The van der Waals surface area contributed by atoms with E-state index in [0.29, 0.717) is 12.8 Å². The van der Waals surface area contributed by atoms with E-state index in [0.717, 1.165) is 11.1 Å². The first-order valence-corrected chi connectivity index (χ1v) is 7.05. The maximum atomic E-state index is 11.9. The number of fused-ring (bicyclic) bond motifs is 1. The zero-order valence-electron chi connectivity index (χ0n) is 12.6. The van der Waals surface area contributed by atoms with Gasteiger partial charge in [-0.1, -0.05) is 24.3 Å². The lowest BCUT2D eigenvalue weighted by molar-refractivity contribution is -0.142. The number of carboxylic acids is 1. The number of nitrogens with one attached hydrogen (secondary N) is 1. The number of amides is 1. The first kappa shape index (κ1) is 15.4. The summed E-state index contributed by atoms with van der Waals surface area (Å²) in [6.45, 7) is 5.33. The third kappa shape index (κ3) is 3.97. The van der Waals surface area contributed by atoms with Crippen molar-refractivity contribution in [1.29, 1.82) is 0 Å². The van der Waals surface area contributed by atoms with Crippen LogP contribution >= 0.6 is 0 Å². The first-order valence-electron chi connectivity index (χ1n) is 7.05. The molecule has 1 aromatic rings. The fourth-order valence-electron chi connectivity index (χ4n) is 2.58. The second kappa shape index (κ2) is 5.76. The van der Waals surface area contributed by atoms with Crippen LogP contribution < -0.4 is 5.32 Å². The monoisotopic (exact) mass is 291 g/mol. The van der Waals surface area contributed by atoms with E-state index in [9.17, 15) is 14.7 Å². The van der Waals surface area contributed by atoms with Gasteiger partial charge in [-0.15, -0.1) is 0 Å². The Morgan fingerprint density at radius 2 is 1.76 bits per heavy atom. The molecule has 1 aliphatic rings. The molecule has 5 nitrogen and oxygen atoms in total. The van der Waals surface area contributed by atoms with Crippen molar-refractivity contribution in [1.82, 2.24) is 5.32 Å². The first-order chi connectivity index (χ1) is 9.76.